The average Bonchev–Trinajstić information content (AvgIpc) is 2.25. The summed E-state index contributed by atoms with van der Waals surface area (Å²) in [5.41, 5.74) is -0.0738. The van der Waals surface area contributed by atoms with E-state index < -0.39 is 12.1 Å². The van der Waals surface area contributed by atoms with Crippen molar-refractivity contribution in [2.24, 2.45) is 23.2 Å². The van der Waals surface area contributed by atoms with E-state index in [1.807, 2.05) is 0 Å². The van der Waals surface area contributed by atoms with E-state index in [0.717, 1.165) is 19.3 Å². The Labute approximate surface area is 111 Å². The molecule has 0 aromatic rings. The highest BCUT2D eigenvalue weighted by Gasteiger charge is 2.54. The second-order valence-corrected chi connectivity index (χ2v) is 6.97. The fraction of sp³-hybridized carbons (Fsp3) is 0.929. The first-order chi connectivity index (χ1) is 8.78. The van der Waals surface area contributed by atoms with Crippen LogP contribution in [0.4, 0.5) is 13.2 Å². The van der Waals surface area contributed by atoms with E-state index in [4.69, 9.17) is 0 Å². The van der Waals surface area contributed by atoms with Crippen molar-refractivity contribution < 1.29 is 18.0 Å². The van der Waals surface area contributed by atoms with E-state index in [-0.39, 0.29) is 11.5 Å². The van der Waals surface area contributed by atoms with Gasteiger partial charge in [-0.1, -0.05) is 0 Å². The molecule has 0 heterocycles. The van der Waals surface area contributed by atoms with Crippen LogP contribution in [0.2, 0.25) is 0 Å². The molecule has 0 unspecified atom stereocenters. The SMILES string of the molecule is C[C@@H](NC(=O)C(F)(F)F)C12CC3CC(CC(C3)C1)C2. The lowest BCUT2D eigenvalue weighted by molar-refractivity contribution is -0.176. The Morgan fingerprint density at radius 3 is 1.89 bits per heavy atom. The molecule has 0 saturated heterocycles. The minimum Gasteiger partial charge on any atom is -0.345 e. The molecule has 0 radical (unpaired) electrons. The summed E-state index contributed by atoms with van der Waals surface area (Å²) in [5.74, 6) is 0.250. The first-order valence-electron chi connectivity index (χ1n) is 7.16. The lowest BCUT2D eigenvalue weighted by Gasteiger charge is -2.59. The summed E-state index contributed by atoms with van der Waals surface area (Å²) < 4.78 is 37.1. The highest BCUT2D eigenvalue weighted by Crippen LogP contribution is 2.61. The van der Waals surface area contributed by atoms with Crippen LogP contribution in [0.5, 0.6) is 0 Å². The predicted octanol–water partition coefficient (Wildman–Crippen LogP) is 3.27. The number of carbonyl (C=O) groups is 1. The second-order valence-electron chi connectivity index (χ2n) is 6.97. The third kappa shape index (κ3) is 2.25. The van der Waals surface area contributed by atoms with Gasteiger partial charge in [-0.25, -0.2) is 0 Å². The van der Waals surface area contributed by atoms with Crippen LogP contribution in [-0.2, 0) is 4.79 Å². The monoisotopic (exact) mass is 275 g/mol. The highest BCUT2D eigenvalue weighted by molar-refractivity contribution is 5.82. The van der Waals surface area contributed by atoms with Crippen LogP contribution in [0.1, 0.15) is 45.4 Å². The van der Waals surface area contributed by atoms with Gasteiger partial charge < -0.3 is 5.32 Å². The number of hydrogen-bond acceptors (Lipinski definition) is 1. The molecule has 1 atom stereocenters. The van der Waals surface area contributed by atoms with Crippen molar-refractivity contribution in [2.75, 3.05) is 0 Å². The van der Waals surface area contributed by atoms with Crippen molar-refractivity contribution in [1.82, 2.24) is 5.32 Å². The zero-order valence-electron chi connectivity index (χ0n) is 11.1. The Balaban J connectivity index is 1.73. The van der Waals surface area contributed by atoms with Crippen LogP contribution < -0.4 is 5.32 Å². The first-order valence-corrected chi connectivity index (χ1v) is 7.16. The topological polar surface area (TPSA) is 29.1 Å². The number of hydrogen-bond donors (Lipinski definition) is 1. The van der Waals surface area contributed by atoms with Crippen LogP contribution in [-0.4, -0.2) is 18.1 Å². The molecular formula is C14H20F3NO. The fourth-order valence-corrected chi connectivity index (χ4v) is 5.14. The van der Waals surface area contributed by atoms with Gasteiger partial charge in [0.2, 0.25) is 0 Å². The Bertz CT molecular complexity index is 355. The van der Waals surface area contributed by atoms with E-state index in [1.165, 1.54) is 19.3 Å². The molecule has 0 spiro atoms. The number of nitrogens with one attached hydrogen (secondary N) is 1. The Kier molecular flexibility index (Phi) is 2.88. The standard InChI is InChI=1S/C14H20F3NO/c1-8(18-12(19)14(15,16)17)13-5-9-2-10(6-13)4-11(3-9)7-13/h8-11H,2-7H2,1H3,(H,18,19)/t8-,9?,10?,11?,13?/m1/s1. The van der Waals surface area contributed by atoms with Gasteiger partial charge in [-0.2, -0.15) is 13.2 Å². The maximum atomic E-state index is 12.4. The number of amides is 1. The molecule has 19 heavy (non-hydrogen) atoms. The molecule has 4 aliphatic carbocycles. The maximum Gasteiger partial charge on any atom is 0.471 e. The normalized spacial score (nSPS) is 42.2. The maximum absolute atomic E-state index is 12.4. The van der Waals surface area contributed by atoms with E-state index in [1.54, 1.807) is 6.92 Å². The predicted molar refractivity (Wildman–Crippen MR) is 64.3 cm³/mol. The Hall–Kier alpha value is -0.740. The van der Waals surface area contributed by atoms with Crippen molar-refractivity contribution >= 4 is 5.91 Å². The molecule has 4 saturated carbocycles. The van der Waals surface area contributed by atoms with E-state index >= 15 is 0 Å². The molecule has 0 aromatic carbocycles. The summed E-state index contributed by atoms with van der Waals surface area (Å²) in [4.78, 5) is 11.1. The first kappa shape index (κ1) is 13.3. The van der Waals surface area contributed by atoms with E-state index in [2.05, 4.69) is 5.32 Å². The summed E-state index contributed by atoms with van der Waals surface area (Å²) in [6.07, 6.45) is 1.98. The zero-order valence-corrected chi connectivity index (χ0v) is 11.1. The van der Waals surface area contributed by atoms with Gasteiger partial charge >= 0.3 is 12.1 Å². The molecule has 4 fully saturated rings. The van der Waals surface area contributed by atoms with Gasteiger partial charge in [0.1, 0.15) is 0 Å². The third-order valence-electron chi connectivity index (χ3n) is 5.61. The molecule has 5 heteroatoms. The Morgan fingerprint density at radius 2 is 1.53 bits per heavy atom. The van der Waals surface area contributed by atoms with Crippen molar-refractivity contribution in [3.8, 4) is 0 Å². The summed E-state index contributed by atoms with van der Waals surface area (Å²) in [7, 11) is 0. The molecule has 4 bridgehead atoms. The van der Waals surface area contributed by atoms with Crippen molar-refractivity contribution in [3.63, 3.8) is 0 Å². The lowest BCUT2D eigenvalue weighted by Crippen LogP contribution is -2.57. The number of rotatable bonds is 2. The third-order valence-corrected chi connectivity index (χ3v) is 5.61. The van der Waals surface area contributed by atoms with Gasteiger partial charge in [0.05, 0.1) is 0 Å². The summed E-state index contributed by atoms with van der Waals surface area (Å²) in [6.45, 7) is 1.76. The van der Waals surface area contributed by atoms with Gasteiger partial charge in [-0.05, 0) is 68.6 Å². The van der Waals surface area contributed by atoms with Gasteiger partial charge in [-0.15, -0.1) is 0 Å². The number of alkyl halides is 3. The molecule has 0 aromatic heterocycles. The van der Waals surface area contributed by atoms with E-state index in [0.29, 0.717) is 17.8 Å². The molecule has 4 rings (SSSR count). The quantitative estimate of drug-likeness (QED) is 0.823. The van der Waals surface area contributed by atoms with Crippen molar-refractivity contribution in [3.05, 3.63) is 0 Å². The fourth-order valence-electron chi connectivity index (χ4n) is 5.14. The van der Waals surface area contributed by atoms with Crippen LogP contribution in [0.3, 0.4) is 0 Å². The smallest absolute Gasteiger partial charge is 0.345 e. The number of halogens is 3. The lowest BCUT2D eigenvalue weighted by atomic mass is 9.48. The van der Waals surface area contributed by atoms with E-state index in [9.17, 15) is 18.0 Å². The minimum atomic E-state index is -4.77. The van der Waals surface area contributed by atoms with Crippen LogP contribution in [0, 0.1) is 23.2 Å². The van der Waals surface area contributed by atoms with Crippen molar-refractivity contribution in [2.45, 2.75) is 57.7 Å². The molecule has 2 nitrogen and oxygen atoms in total. The van der Waals surface area contributed by atoms with Crippen LogP contribution >= 0.6 is 0 Å². The average molecular weight is 275 g/mol. The molecule has 0 aliphatic heterocycles. The summed E-state index contributed by atoms with van der Waals surface area (Å²) >= 11 is 0. The molecule has 1 amide bonds. The van der Waals surface area contributed by atoms with Crippen LogP contribution in [0.15, 0.2) is 0 Å². The van der Waals surface area contributed by atoms with Gasteiger partial charge in [-0.3, -0.25) is 4.79 Å². The van der Waals surface area contributed by atoms with Gasteiger partial charge in [0.25, 0.3) is 0 Å². The minimum absolute atomic E-state index is 0.0738. The van der Waals surface area contributed by atoms with Gasteiger partial charge in [0.15, 0.2) is 0 Å². The highest BCUT2D eigenvalue weighted by atomic mass is 19.4. The zero-order chi connectivity index (χ0) is 13.8. The second kappa shape index (κ2) is 4.13. The molecule has 108 valence electrons. The summed E-state index contributed by atoms with van der Waals surface area (Å²) in [5, 5.41) is 2.21. The summed E-state index contributed by atoms with van der Waals surface area (Å²) in [6, 6.07) is -0.366. The Morgan fingerprint density at radius 1 is 1.11 bits per heavy atom. The largest absolute Gasteiger partial charge is 0.471 e. The molecular weight excluding hydrogens is 255 g/mol. The van der Waals surface area contributed by atoms with Gasteiger partial charge in [0, 0.05) is 6.04 Å². The van der Waals surface area contributed by atoms with Crippen molar-refractivity contribution in [1.29, 1.82) is 0 Å². The van der Waals surface area contributed by atoms with Crippen LogP contribution in [0.25, 0.3) is 0 Å². The molecule has 1 N–H and O–H groups in total. The molecule has 4 aliphatic rings. The number of carbonyl (C=O) groups excluding carboxylic acids is 1.